The predicted octanol–water partition coefficient (Wildman–Crippen LogP) is 2.60. The standard InChI is InChI=1S/C17H19NO6S/c1-11-5-6-12(17(19)24-4)9-16(11)25(20,21)18-14-10-13(22-2)7-8-15(14)23-3/h5-10,18H,1-4H3. The van der Waals surface area contributed by atoms with E-state index in [0.29, 0.717) is 17.1 Å². The van der Waals surface area contributed by atoms with Gasteiger partial charge < -0.3 is 14.2 Å². The first-order chi connectivity index (χ1) is 11.8. The van der Waals surface area contributed by atoms with Crippen LogP contribution in [0.25, 0.3) is 0 Å². The molecule has 0 atom stereocenters. The molecule has 0 amide bonds. The van der Waals surface area contributed by atoms with Crippen LogP contribution in [0.3, 0.4) is 0 Å². The molecule has 0 radical (unpaired) electrons. The minimum Gasteiger partial charge on any atom is -0.497 e. The van der Waals surface area contributed by atoms with Crippen LogP contribution in [-0.4, -0.2) is 35.7 Å². The Morgan fingerprint density at radius 3 is 2.32 bits per heavy atom. The van der Waals surface area contributed by atoms with Gasteiger partial charge in [0.05, 0.1) is 37.5 Å². The fourth-order valence-electron chi connectivity index (χ4n) is 2.23. The average molecular weight is 365 g/mol. The van der Waals surface area contributed by atoms with E-state index >= 15 is 0 Å². The summed E-state index contributed by atoms with van der Waals surface area (Å²) in [6.45, 7) is 1.64. The molecule has 0 fully saturated rings. The molecule has 0 aliphatic carbocycles. The Kier molecular flexibility index (Phi) is 5.53. The molecule has 0 unspecified atom stereocenters. The van der Waals surface area contributed by atoms with Gasteiger partial charge in [-0.1, -0.05) is 6.07 Å². The van der Waals surface area contributed by atoms with Gasteiger partial charge in [-0.15, -0.1) is 0 Å². The van der Waals surface area contributed by atoms with Crippen molar-refractivity contribution < 1.29 is 27.4 Å². The minimum atomic E-state index is -3.96. The number of rotatable bonds is 6. The van der Waals surface area contributed by atoms with Crippen molar-refractivity contribution in [2.45, 2.75) is 11.8 Å². The zero-order valence-electron chi connectivity index (χ0n) is 14.3. The Bertz CT molecular complexity index is 892. The first-order valence-electron chi connectivity index (χ1n) is 7.26. The van der Waals surface area contributed by atoms with Gasteiger partial charge in [0.2, 0.25) is 0 Å². The monoisotopic (exact) mass is 365 g/mol. The van der Waals surface area contributed by atoms with Gasteiger partial charge >= 0.3 is 5.97 Å². The maximum absolute atomic E-state index is 12.8. The van der Waals surface area contributed by atoms with Crippen LogP contribution in [0.2, 0.25) is 0 Å². The van der Waals surface area contributed by atoms with E-state index in [9.17, 15) is 13.2 Å². The van der Waals surface area contributed by atoms with E-state index < -0.39 is 16.0 Å². The summed E-state index contributed by atoms with van der Waals surface area (Å²) < 4.78 is 43.0. The lowest BCUT2D eigenvalue weighted by Gasteiger charge is -2.15. The molecule has 0 aliphatic rings. The summed E-state index contributed by atoms with van der Waals surface area (Å²) in [6.07, 6.45) is 0. The lowest BCUT2D eigenvalue weighted by Crippen LogP contribution is -2.16. The third kappa shape index (κ3) is 4.03. The Hall–Kier alpha value is -2.74. The minimum absolute atomic E-state index is 0.0275. The van der Waals surface area contributed by atoms with E-state index in [1.165, 1.54) is 39.5 Å². The first-order valence-corrected chi connectivity index (χ1v) is 8.74. The molecule has 2 aromatic rings. The quantitative estimate of drug-likeness (QED) is 0.791. The Morgan fingerprint density at radius 2 is 1.72 bits per heavy atom. The van der Waals surface area contributed by atoms with Crippen molar-refractivity contribution in [2.75, 3.05) is 26.1 Å². The summed E-state index contributed by atoms with van der Waals surface area (Å²) >= 11 is 0. The molecule has 1 N–H and O–H groups in total. The van der Waals surface area contributed by atoms with E-state index in [0.717, 1.165) is 0 Å². The summed E-state index contributed by atoms with van der Waals surface area (Å²) in [4.78, 5) is 11.6. The van der Waals surface area contributed by atoms with Crippen molar-refractivity contribution in [3.63, 3.8) is 0 Å². The molecule has 134 valence electrons. The van der Waals surface area contributed by atoms with Crippen LogP contribution in [0.15, 0.2) is 41.3 Å². The zero-order chi connectivity index (χ0) is 18.6. The first kappa shape index (κ1) is 18.6. The van der Waals surface area contributed by atoms with Gasteiger partial charge in [-0.05, 0) is 36.8 Å². The molecule has 8 heteroatoms. The van der Waals surface area contributed by atoms with E-state index in [-0.39, 0.29) is 16.1 Å². The van der Waals surface area contributed by atoms with Crippen LogP contribution in [0.5, 0.6) is 11.5 Å². The topological polar surface area (TPSA) is 90.9 Å². The molecule has 2 aromatic carbocycles. The molecule has 7 nitrogen and oxygen atoms in total. The third-order valence-electron chi connectivity index (χ3n) is 3.55. The van der Waals surface area contributed by atoms with Crippen molar-refractivity contribution in [2.24, 2.45) is 0 Å². The molecule has 25 heavy (non-hydrogen) atoms. The van der Waals surface area contributed by atoms with Crippen LogP contribution in [0.1, 0.15) is 15.9 Å². The number of sulfonamides is 1. The van der Waals surface area contributed by atoms with Crippen molar-refractivity contribution >= 4 is 21.7 Å². The number of carbonyl (C=O) groups is 1. The Balaban J connectivity index is 2.48. The molecule has 0 spiro atoms. The molecule has 0 heterocycles. The van der Waals surface area contributed by atoms with E-state index in [4.69, 9.17) is 9.47 Å². The van der Waals surface area contributed by atoms with Crippen molar-refractivity contribution in [1.29, 1.82) is 0 Å². The van der Waals surface area contributed by atoms with Gasteiger partial charge in [-0.2, -0.15) is 0 Å². The molecule has 0 saturated heterocycles. The number of nitrogens with one attached hydrogen (secondary N) is 1. The zero-order valence-corrected chi connectivity index (χ0v) is 15.1. The van der Waals surface area contributed by atoms with Gasteiger partial charge in [0, 0.05) is 6.07 Å². The number of ether oxygens (including phenoxy) is 3. The summed E-state index contributed by atoms with van der Waals surface area (Å²) in [5.41, 5.74) is 0.859. The van der Waals surface area contributed by atoms with E-state index in [2.05, 4.69) is 9.46 Å². The highest BCUT2D eigenvalue weighted by atomic mass is 32.2. The molecule has 0 aromatic heterocycles. The molecule has 0 aliphatic heterocycles. The highest BCUT2D eigenvalue weighted by Crippen LogP contribution is 2.31. The Morgan fingerprint density at radius 1 is 1.00 bits per heavy atom. The number of hydrogen-bond acceptors (Lipinski definition) is 6. The van der Waals surface area contributed by atoms with Gasteiger partial charge in [0.15, 0.2) is 0 Å². The molecule has 0 bridgehead atoms. The Labute approximate surface area is 146 Å². The number of benzene rings is 2. The number of methoxy groups -OCH3 is 3. The van der Waals surface area contributed by atoms with E-state index in [1.807, 2.05) is 0 Å². The lowest BCUT2D eigenvalue weighted by molar-refractivity contribution is 0.0600. The van der Waals surface area contributed by atoms with Crippen molar-refractivity contribution in [3.8, 4) is 11.5 Å². The van der Waals surface area contributed by atoms with Crippen LogP contribution in [-0.2, 0) is 14.8 Å². The number of hydrogen-bond donors (Lipinski definition) is 1. The maximum Gasteiger partial charge on any atom is 0.337 e. The largest absolute Gasteiger partial charge is 0.497 e. The second kappa shape index (κ2) is 7.43. The van der Waals surface area contributed by atoms with Gasteiger partial charge in [0.1, 0.15) is 11.5 Å². The van der Waals surface area contributed by atoms with Gasteiger partial charge in [-0.25, -0.2) is 13.2 Å². The van der Waals surface area contributed by atoms with Crippen molar-refractivity contribution in [3.05, 3.63) is 47.5 Å². The summed E-state index contributed by atoms with van der Waals surface area (Å²) in [5.74, 6) is 0.195. The fourth-order valence-corrected chi connectivity index (χ4v) is 3.56. The van der Waals surface area contributed by atoms with Crippen molar-refractivity contribution in [1.82, 2.24) is 0 Å². The summed E-state index contributed by atoms with van der Waals surface area (Å²) in [5, 5.41) is 0. The van der Waals surface area contributed by atoms with Crippen LogP contribution >= 0.6 is 0 Å². The second-order valence-corrected chi connectivity index (χ2v) is 6.79. The van der Waals surface area contributed by atoms with Crippen LogP contribution in [0.4, 0.5) is 5.69 Å². The third-order valence-corrected chi connectivity index (χ3v) is 5.06. The number of esters is 1. The number of aryl methyl sites for hydroxylation is 1. The summed E-state index contributed by atoms with van der Waals surface area (Å²) in [7, 11) is 0.182. The SMILES string of the molecule is COC(=O)c1ccc(C)c(S(=O)(=O)Nc2cc(OC)ccc2OC)c1. The van der Waals surface area contributed by atoms with Crippen LogP contribution < -0.4 is 14.2 Å². The summed E-state index contributed by atoms with van der Waals surface area (Å²) in [6, 6.07) is 9.08. The molecular formula is C17H19NO6S. The van der Waals surface area contributed by atoms with Crippen LogP contribution in [0, 0.1) is 6.92 Å². The van der Waals surface area contributed by atoms with Gasteiger partial charge in [0.25, 0.3) is 10.0 Å². The highest BCUT2D eigenvalue weighted by molar-refractivity contribution is 7.92. The lowest BCUT2D eigenvalue weighted by atomic mass is 10.1. The normalized spacial score (nSPS) is 10.9. The number of anilines is 1. The molecule has 2 rings (SSSR count). The van der Waals surface area contributed by atoms with Gasteiger partial charge in [-0.3, -0.25) is 4.72 Å². The van der Waals surface area contributed by atoms with E-state index in [1.54, 1.807) is 25.1 Å². The second-order valence-electron chi connectivity index (χ2n) is 5.14. The average Bonchev–Trinajstić information content (AvgIpc) is 2.60. The molecule has 0 saturated carbocycles. The molecular weight excluding hydrogens is 346 g/mol. The maximum atomic E-state index is 12.8. The fraction of sp³-hybridized carbons (Fsp3) is 0.235. The number of carbonyl (C=O) groups excluding carboxylic acids is 1. The highest BCUT2D eigenvalue weighted by Gasteiger charge is 2.21. The predicted molar refractivity (Wildman–Crippen MR) is 92.9 cm³/mol. The smallest absolute Gasteiger partial charge is 0.337 e.